The van der Waals surface area contributed by atoms with Crippen LogP contribution in [0.3, 0.4) is 0 Å². The SMILES string of the molecule is CCOC(=O)N1CCN(C(=O)CC(N)CC(C)(C)C)CC1. The molecule has 1 heterocycles. The van der Waals surface area contributed by atoms with E-state index in [4.69, 9.17) is 10.5 Å². The lowest BCUT2D eigenvalue weighted by Gasteiger charge is -2.34. The maximum Gasteiger partial charge on any atom is 0.409 e. The number of amides is 2. The molecule has 2 amide bonds. The number of hydrogen-bond donors (Lipinski definition) is 1. The average molecular weight is 299 g/mol. The van der Waals surface area contributed by atoms with Crippen LogP contribution in [-0.4, -0.2) is 60.6 Å². The molecule has 0 saturated carbocycles. The third-order valence-electron chi connectivity index (χ3n) is 3.47. The van der Waals surface area contributed by atoms with Crippen molar-refractivity contribution in [1.82, 2.24) is 9.80 Å². The Kier molecular flexibility index (Phi) is 6.45. The number of carbonyl (C=O) groups excluding carboxylic acids is 2. The summed E-state index contributed by atoms with van der Waals surface area (Å²) < 4.78 is 4.96. The molecule has 0 radical (unpaired) electrons. The molecular weight excluding hydrogens is 270 g/mol. The minimum Gasteiger partial charge on any atom is -0.450 e. The van der Waals surface area contributed by atoms with Crippen LogP contribution in [0.25, 0.3) is 0 Å². The van der Waals surface area contributed by atoms with Gasteiger partial charge in [-0.05, 0) is 18.8 Å². The number of rotatable bonds is 4. The van der Waals surface area contributed by atoms with E-state index in [9.17, 15) is 9.59 Å². The number of nitrogens with two attached hydrogens (primary N) is 1. The zero-order valence-electron chi connectivity index (χ0n) is 13.7. The molecular formula is C15H29N3O3. The average Bonchev–Trinajstić information content (AvgIpc) is 2.36. The Hall–Kier alpha value is -1.30. The number of nitrogens with zero attached hydrogens (tertiary/aromatic N) is 2. The molecule has 1 unspecified atom stereocenters. The Bertz CT molecular complexity index is 358. The molecule has 21 heavy (non-hydrogen) atoms. The first kappa shape index (κ1) is 17.8. The minimum atomic E-state index is -0.297. The van der Waals surface area contributed by atoms with Gasteiger partial charge in [0, 0.05) is 38.6 Å². The molecule has 6 heteroatoms. The quantitative estimate of drug-likeness (QED) is 0.852. The van der Waals surface area contributed by atoms with Gasteiger partial charge < -0.3 is 20.3 Å². The molecule has 0 bridgehead atoms. The molecule has 0 aliphatic carbocycles. The van der Waals surface area contributed by atoms with Gasteiger partial charge >= 0.3 is 6.09 Å². The predicted octanol–water partition coefficient (Wildman–Crippen LogP) is 1.44. The summed E-state index contributed by atoms with van der Waals surface area (Å²) >= 11 is 0. The van der Waals surface area contributed by atoms with Crippen molar-refractivity contribution in [2.24, 2.45) is 11.1 Å². The molecule has 1 atom stereocenters. The fourth-order valence-electron chi connectivity index (χ4n) is 2.57. The highest BCUT2D eigenvalue weighted by Gasteiger charge is 2.26. The Morgan fingerprint density at radius 3 is 2.14 bits per heavy atom. The van der Waals surface area contributed by atoms with Crippen molar-refractivity contribution in [1.29, 1.82) is 0 Å². The summed E-state index contributed by atoms with van der Waals surface area (Å²) in [6.45, 7) is 10.7. The van der Waals surface area contributed by atoms with Crippen LogP contribution >= 0.6 is 0 Å². The lowest BCUT2D eigenvalue weighted by Crippen LogP contribution is -2.51. The van der Waals surface area contributed by atoms with E-state index < -0.39 is 0 Å². The zero-order valence-corrected chi connectivity index (χ0v) is 13.7. The van der Waals surface area contributed by atoms with Gasteiger partial charge in [-0.1, -0.05) is 20.8 Å². The zero-order chi connectivity index (χ0) is 16.0. The fraction of sp³-hybridized carbons (Fsp3) is 0.867. The van der Waals surface area contributed by atoms with Crippen LogP contribution in [0.1, 0.15) is 40.5 Å². The molecule has 122 valence electrons. The van der Waals surface area contributed by atoms with Crippen LogP contribution < -0.4 is 5.73 Å². The van der Waals surface area contributed by atoms with Gasteiger partial charge in [-0.3, -0.25) is 4.79 Å². The second kappa shape index (κ2) is 7.64. The second-order valence-electron chi connectivity index (χ2n) is 6.80. The smallest absolute Gasteiger partial charge is 0.409 e. The first-order valence-corrected chi connectivity index (χ1v) is 7.68. The summed E-state index contributed by atoms with van der Waals surface area (Å²) in [5.74, 6) is 0.0789. The molecule has 0 aromatic rings. The van der Waals surface area contributed by atoms with Crippen LogP contribution in [0.2, 0.25) is 0 Å². The Morgan fingerprint density at radius 2 is 1.67 bits per heavy atom. The topological polar surface area (TPSA) is 75.9 Å². The summed E-state index contributed by atoms with van der Waals surface area (Å²) in [5, 5.41) is 0. The van der Waals surface area contributed by atoms with Crippen molar-refractivity contribution in [3.8, 4) is 0 Å². The summed E-state index contributed by atoms with van der Waals surface area (Å²) in [6.07, 6.45) is 0.895. The van der Waals surface area contributed by atoms with E-state index in [-0.39, 0.29) is 23.5 Å². The van der Waals surface area contributed by atoms with Gasteiger partial charge in [-0.25, -0.2) is 4.79 Å². The van der Waals surface area contributed by atoms with Crippen LogP contribution in [0.5, 0.6) is 0 Å². The van der Waals surface area contributed by atoms with Crippen molar-refractivity contribution in [2.45, 2.75) is 46.6 Å². The van der Waals surface area contributed by atoms with Gasteiger partial charge in [0.05, 0.1) is 6.61 Å². The predicted molar refractivity (Wildman–Crippen MR) is 81.8 cm³/mol. The molecule has 0 spiro atoms. The summed E-state index contributed by atoms with van der Waals surface area (Å²) in [7, 11) is 0. The summed E-state index contributed by atoms with van der Waals surface area (Å²) in [4.78, 5) is 27.2. The molecule has 6 nitrogen and oxygen atoms in total. The normalized spacial score (nSPS) is 17.6. The van der Waals surface area contributed by atoms with Crippen molar-refractivity contribution in [3.05, 3.63) is 0 Å². The summed E-state index contributed by atoms with van der Waals surface area (Å²) in [5.41, 5.74) is 6.18. The minimum absolute atomic E-state index is 0.0789. The number of carbonyl (C=O) groups is 2. The van der Waals surface area contributed by atoms with Crippen molar-refractivity contribution >= 4 is 12.0 Å². The largest absolute Gasteiger partial charge is 0.450 e. The number of piperazine rings is 1. The molecule has 1 fully saturated rings. The van der Waals surface area contributed by atoms with Gasteiger partial charge in [0.15, 0.2) is 0 Å². The van der Waals surface area contributed by atoms with Crippen LogP contribution in [-0.2, 0) is 9.53 Å². The van der Waals surface area contributed by atoms with Gasteiger partial charge in [0.1, 0.15) is 0 Å². The lowest BCUT2D eigenvalue weighted by molar-refractivity contribution is -0.133. The maximum absolute atomic E-state index is 12.2. The Labute approximate surface area is 127 Å². The first-order valence-electron chi connectivity index (χ1n) is 7.68. The van der Waals surface area contributed by atoms with Crippen LogP contribution in [0.15, 0.2) is 0 Å². The monoisotopic (exact) mass is 299 g/mol. The molecule has 1 saturated heterocycles. The van der Waals surface area contributed by atoms with E-state index in [1.165, 1.54) is 0 Å². The Balaban J connectivity index is 2.36. The highest BCUT2D eigenvalue weighted by molar-refractivity contribution is 5.77. The molecule has 0 aromatic carbocycles. The van der Waals surface area contributed by atoms with Crippen LogP contribution in [0, 0.1) is 5.41 Å². The molecule has 1 aliphatic heterocycles. The van der Waals surface area contributed by atoms with Gasteiger partial charge in [0.2, 0.25) is 5.91 Å². The van der Waals surface area contributed by atoms with E-state index >= 15 is 0 Å². The van der Waals surface area contributed by atoms with E-state index in [2.05, 4.69) is 20.8 Å². The van der Waals surface area contributed by atoms with E-state index in [1.54, 1.807) is 16.7 Å². The highest BCUT2D eigenvalue weighted by Crippen LogP contribution is 2.21. The van der Waals surface area contributed by atoms with Crippen molar-refractivity contribution in [2.75, 3.05) is 32.8 Å². The van der Waals surface area contributed by atoms with Gasteiger partial charge in [-0.15, -0.1) is 0 Å². The Morgan fingerprint density at radius 1 is 1.14 bits per heavy atom. The molecule has 0 aromatic heterocycles. The van der Waals surface area contributed by atoms with Crippen molar-refractivity contribution in [3.63, 3.8) is 0 Å². The molecule has 1 rings (SSSR count). The van der Waals surface area contributed by atoms with Gasteiger partial charge in [0.25, 0.3) is 0 Å². The summed E-state index contributed by atoms with van der Waals surface area (Å²) in [6, 6.07) is -0.111. The van der Waals surface area contributed by atoms with Crippen LogP contribution in [0.4, 0.5) is 4.79 Å². The molecule has 2 N–H and O–H groups in total. The van der Waals surface area contributed by atoms with E-state index in [0.717, 1.165) is 6.42 Å². The second-order valence-corrected chi connectivity index (χ2v) is 6.80. The fourth-order valence-corrected chi connectivity index (χ4v) is 2.57. The van der Waals surface area contributed by atoms with Crippen molar-refractivity contribution < 1.29 is 14.3 Å². The first-order chi connectivity index (χ1) is 9.73. The number of hydrogen-bond acceptors (Lipinski definition) is 4. The molecule has 1 aliphatic rings. The van der Waals surface area contributed by atoms with Gasteiger partial charge in [-0.2, -0.15) is 0 Å². The van der Waals surface area contributed by atoms with E-state index in [1.807, 2.05) is 0 Å². The third-order valence-corrected chi connectivity index (χ3v) is 3.47. The highest BCUT2D eigenvalue weighted by atomic mass is 16.6. The maximum atomic E-state index is 12.2. The lowest BCUT2D eigenvalue weighted by atomic mass is 9.87. The standard InChI is InChI=1S/C15H29N3O3/c1-5-21-14(20)18-8-6-17(7-9-18)13(19)10-12(16)11-15(2,3)4/h12H,5-11,16H2,1-4H3. The third kappa shape index (κ3) is 6.33. The van der Waals surface area contributed by atoms with E-state index in [0.29, 0.717) is 39.2 Å². The number of ether oxygens (including phenoxy) is 1.